The molecule has 0 radical (unpaired) electrons. The van der Waals surface area contributed by atoms with Gasteiger partial charge < -0.3 is 5.11 Å². The average molecular weight is 339 g/mol. The Kier molecular flexibility index (Phi) is 5.46. The van der Waals surface area contributed by atoms with E-state index < -0.39 is 5.97 Å². The van der Waals surface area contributed by atoms with E-state index in [1.807, 2.05) is 6.07 Å². The zero-order valence-electron chi connectivity index (χ0n) is 14.1. The van der Waals surface area contributed by atoms with Crippen LogP contribution in [0.1, 0.15) is 34.3 Å². The van der Waals surface area contributed by atoms with Gasteiger partial charge in [0.2, 0.25) is 12.3 Å². The van der Waals surface area contributed by atoms with Crippen LogP contribution in [0.5, 0.6) is 0 Å². The molecule has 0 aromatic heterocycles. The Labute approximate surface area is 147 Å². The first-order chi connectivity index (χ1) is 12.1. The highest BCUT2D eigenvalue weighted by Gasteiger charge is 2.27. The van der Waals surface area contributed by atoms with Gasteiger partial charge in [0.05, 0.1) is 5.56 Å². The topological polar surface area (TPSA) is 63.8 Å². The molecule has 3 rings (SSSR count). The van der Waals surface area contributed by atoms with E-state index >= 15 is 0 Å². The Morgan fingerprint density at radius 2 is 1.72 bits per heavy atom. The molecular weight excluding hydrogens is 316 g/mol. The third-order valence-electron chi connectivity index (χ3n) is 4.62. The van der Waals surface area contributed by atoms with E-state index in [4.69, 9.17) is 5.11 Å². The van der Waals surface area contributed by atoms with E-state index in [9.17, 15) is 10.0 Å². The van der Waals surface area contributed by atoms with E-state index in [2.05, 4.69) is 29.2 Å². The number of hydrogen-bond donors (Lipinski definition) is 2. The van der Waals surface area contributed by atoms with Crippen molar-refractivity contribution in [3.8, 4) is 0 Å². The highest BCUT2D eigenvalue weighted by molar-refractivity contribution is 5.88. The number of carboxylic acid groups (broad SMARTS) is 1. The summed E-state index contributed by atoms with van der Waals surface area (Å²) in [5.41, 5.74) is 2.35. The summed E-state index contributed by atoms with van der Waals surface area (Å²) >= 11 is 0. The van der Waals surface area contributed by atoms with E-state index in [0.29, 0.717) is 0 Å². The fourth-order valence-electron chi connectivity index (χ4n) is 3.15. The second-order valence-electron chi connectivity index (χ2n) is 6.43. The van der Waals surface area contributed by atoms with Gasteiger partial charge in [0, 0.05) is 38.0 Å². The van der Waals surface area contributed by atoms with Gasteiger partial charge in [-0.1, -0.05) is 30.3 Å². The molecule has 130 valence electrons. The Bertz CT molecular complexity index is 733. The molecule has 0 atom stereocenters. The van der Waals surface area contributed by atoms with Gasteiger partial charge in [-0.15, -0.1) is 0 Å². The van der Waals surface area contributed by atoms with Crippen LogP contribution >= 0.6 is 0 Å². The number of rotatable bonds is 5. The van der Waals surface area contributed by atoms with Gasteiger partial charge in [0.15, 0.2) is 0 Å². The first kappa shape index (κ1) is 17.2. The van der Waals surface area contributed by atoms with Crippen LogP contribution < -0.4 is 0 Å². The van der Waals surface area contributed by atoms with Gasteiger partial charge in [-0.3, -0.25) is 10.1 Å². The molecule has 2 aromatic rings. The van der Waals surface area contributed by atoms with Crippen LogP contribution in [-0.2, 0) is 6.54 Å². The molecule has 1 saturated heterocycles. The van der Waals surface area contributed by atoms with E-state index in [0.717, 1.165) is 38.0 Å². The molecule has 0 aliphatic carbocycles. The lowest BCUT2D eigenvalue weighted by Gasteiger charge is -2.28. The molecule has 5 heteroatoms. The maximum absolute atomic E-state index is 10.9. The largest absolute Gasteiger partial charge is 0.478 e. The summed E-state index contributed by atoms with van der Waals surface area (Å²) in [6, 6.07) is 17.0. The average Bonchev–Trinajstić information content (AvgIpc) is 2.63. The molecule has 0 spiro atoms. The fraction of sp³-hybridized carbons (Fsp3) is 0.300. The summed E-state index contributed by atoms with van der Waals surface area (Å²) in [6.45, 7) is 2.84. The van der Waals surface area contributed by atoms with Crippen molar-refractivity contribution in [3.63, 3.8) is 0 Å². The lowest BCUT2D eigenvalue weighted by atomic mass is 10.0. The van der Waals surface area contributed by atoms with Crippen LogP contribution in [0.25, 0.3) is 0 Å². The van der Waals surface area contributed by atoms with Crippen molar-refractivity contribution in [2.24, 2.45) is 0 Å². The summed E-state index contributed by atoms with van der Waals surface area (Å²) in [5, 5.41) is 19.2. The van der Waals surface area contributed by atoms with Crippen molar-refractivity contribution in [3.05, 3.63) is 71.3 Å². The van der Waals surface area contributed by atoms with Gasteiger partial charge in [-0.25, -0.2) is 4.79 Å². The Hall–Kier alpha value is -2.66. The molecule has 2 aromatic carbocycles. The molecule has 1 aliphatic rings. The van der Waals surface area contributed by atoms with Crippen LogP contribution in [0.4, 0.5) is 0 Å². The molecule has 1 fully saturated rings. The van der Waals surface area contributed by atoms with Crippen molar-refractivity contribution in [1.29, 1.82) is 0 Å². The number of piperidine rings is 1. The molecule has 0 saturated carbocycles. The number of carboxylic acids is 1. The van der Waals surface area contributed by atoms with Gasteiger partial charge in [0.25, 0.3) is 0 Å². The minimum absolute atomic E-state index is 0.0890. The van der Waals surface area contributed by atoms with E-state index in [-0.39, 0.29) is 11.6 Å². The first-order valence-electron chi connectivity index (χ1n) is 8.53. The lowest BCUT2D eigenvalue weighted by molar-refractivity contribution is -0.797. The third-order valence-corrected chi connectivity index (χ3v) is 4.62. The number of likely N-dealkylation sites (tertiary alicyclic amines) is 1. The van der Waals surface area contributed by atoms with Gasteiger partial charge in [-0.2, -0.15) is 0 Å². The molecular formula is C20H23N2O3+. The standard InChI is InChI=1S/C20H22N2O3/c23-20(24)18-8-6-17(7-9-18)15-22(25)19-10-12-21(13-11-19)14-16-4-2-1-3-5-16/h1-9,15,19H,10-14H2,(H-,23,24,25)/p+1/b22-15-. The molecule has 1 aliphatic heterocycles. The maximum Gasteiger partial charge on any atom is 0.335 e. The number of aromatic carboxylic acids is 1. The van der Waals surface area contributed by atoms with Crippen LogP contribution in [-0.4, -0.2) is 51.3 Å². The molecule has 0 amide bonds. The molecule has 1 heterocycles. The van der Waals surface area contributed by atoms with Crippen LogP contribution in [0.15, 0.2) is 54.6 Å². The molecule has 0 unspecified atom stereocenters. The molecule has 5 nitrogen and oxygen atoms in total. The lowest BCUT2D eigenvalue weighted by Crippen LogP contribution is -2.40. The number of hydroxylamine groups is 1. The minimum atomic E-state index is -0.946. The predicted molar refractivity (Wildman–Crippen MR) is 95.4 cm³/mol. The molecule has 2 N–H and O–H groups in total. The number of hydrogen-bond acceptors (Lipinski definition) is 3. The number of carbonyl (C=O) groups is 1. The highest BCUT2D eigenvalue weighted by Crippen LogP contribution is 2.15. The molecule has 25 heavy (non-hydrogen) atoms. The summed E-state index contributed by atoms with van der Waals surface area (Å²) in [5.74, 6) is -0.946. The van der Waals surface area contributed by atoms with Crippen molar-refractivity contribution < 1.29 is 19.8 Å². The smallest absolute Gasteiger partial charge is 0.335 e. The normalized spacial score (nSPS) is 16.7. The molecule has 0 bridgehead atoms. The van der Waals surface area contributed by atoms with Crippen molar-refractivity contribution in [2.75, 3.05) is 13.1 Å². The SMILES string of the molecule is O=C(O)c1ccc(/C=[N+](\O)C2CCN(Cc3ccccc3)CC2)cc1. The van der Waals surface area contributed by atoms with E-state index in [1.165, 1.54) is 10.3 Å². The number of nitrogens with zero attached hydrogens (tertiary/aromatic N) is 2. The van der Waals surface area contributed by atoms with E-state index in [1.54, 1.807) is 30.5 Å². The Morgan fingerprint density at radius 1 is 1.08 bits per heavy atom. The van der Waals surface area contributed by atoms with Gasteiger partial charge in [0.1, 0.15) is 0 Å². The second-order valence-corrected chi connectivity index (χ2v) is 6.43. The highest BCUT2D eigenvalue weighted by atomic mass is 16.5. The summed E-state index contributed by atoms with van der Waals surface area (Å²) in [4.78, 5) is 13.3. The van der Waals surface area contributed by atoms with Crippen LogP contribution in [0, 0.1) is 0 Å². The van der Waals surface area contributed by atoms with Crippen molar-refractivity contribution >= 4 is 12.2 Å². The first-order valence-corrected chi connectivity index (χ1v) is 8.53. The zero-order chi connectivity index (χ0) is 17.6. The third kappa shape index (κ3) is 4.67. The van der Waals surface area contributed by atoms with Gasteiger partial charge in [-0.05, 0) is 34.6 Å². The Balaban J connectivity index is 1.55. The van der Waals surface area contributed by atoms with Crippen LogP contribution in [0.2, 0.25) is 0 Å². The summed E-state index contributed by atoms with van der Waals surface area (Å²) in [6.07, 6.45) is 3.46. The monoisotopic (exact) mass is 339 g/mol. The van der Waals surface area contributed by atoms with Gasteiger partial charge >= 0.3 is 5.97 Å². The minimum Gasteiger partial charge on any atom is -0.478 e. The maximum atomic E-state index is 10.9. The summed E-state index contributed by atoms with van der Waals surface area (Å²) in [7, 11) is 0. The Morgan fingerprint density at radius 3 is 2.32 bits per heavy atom. The van der Waals surface area contributed by atoms with Crippen molar-refractivity contribution in [1.82, 2.24) is 4.90 Å². The second kappa shape index (κ2) is 7.94. The van der Waals surface area contributed by atoms with Crippen LogP contribution in [0.3, 0.4) is 0 Å². The number of benzene rings is 2. The fourth-order valence-corrected chi connectivity index (χ4v) is 3.15. The quantitative estimate of drug-likeness (QED) is 0.380. The summed E-state index contributed by atoms with van der Waals surface area (Å²) < 4.78 is 1.27. The zero-order valence-corrected chi connectivity index (χ0v) is 14.1. The van der Waals surface area contributed by atoms with Crippen molar-refractivity contribution in [2.45, 2.75) is 25.4 Å². The predicted octanol–water partition coefficient (Wildman–Crippen LogP) is 2.87.